The third-order valence-corrected chi connectivity index (χ3v) is 5.56. The highest BCUT2D eigenvalue weighted by molar-refractivity contribution is 5.81. The van der Waals surface area contributed by atoms with E-state index in [4.69, 9.17) is 9.47 Å². The van der Waals surface area contributed by atoms with Gasteiger partial charge in [0.2, 0.25) is 5.91 Å². The summed E-state index contributed by atoms with van der Waals surface area (Å²) in [6.07, 6.45) is 0.320. The molecule has 4 rings (SSSR count). The van der Waals surface area contributed by atoms with Crippen molar-refractivity contribution in [2.45, 2.75) is 24.5 Å². The number of ether oxygens (including phenoxy) is 2. The van der Waals surface area contributed by atoms with Gasteiger partial charge in [-0.25, -0.2) is 0 Å². The number of nitrogens with zero attached hydrogens (tertiary/aromatic N) is 1. The van der Waals surface area contributed by atoms with Crippen LogP contribution in [0.5, 0.6) is 0 Å². The largest absolute Gasteiger partial charge is 0.383 e. The summed E-state index contributed by atoms with van der Waals surface area (Å²) in [4.78, 5) is 14.9. The van der Waals surface area contributed by atoms with Crippen molar-refractivity contribution in [2.75, 3.05) is 38.3 Å². The number of anilines is 1. The van der Waals surface area contributed by atoms with Crippen molar-refractivity contribution >= 4 is 11.6 Å². The van der Waals surface area contributed by atoms with Gasteiger partial charge in [-0.2, -0.15) is 0 Å². The molecule has 0 saturated carbocycles. The summed E-state index contributed by atoms with van der Waals surface area (Å²) in [6.45, 7) is 3.35. The van der Waals surface area contributed by atoms with E-state index in [0.717, 1.165) is 13.1 Å². The number of carbonyl (C=O) groups is 1. The fourth-order valence-electron chi connectivity index (χ4n) is 4.27. The van der Waals surface area contributed by atoms with Crippen LogP contribution in [0.15, 0.2) is 54.6 Å². The summed E-state index contributed by atoms with van der Waals surface area (Å²) >= 11 is 0. The van der Waals surface area contributed by atoms with Gasteiger partial charge in [-0.15, -0.1) is 0 Å². The van der Waals surface area contributed by atoms with E-state index in [1.807, 2.05) is 6.07 Å². The SMILES string of the molecule is COCCNC(=O)[C@@H]1C[C@@]2(CO1)CN(Cc1ccccc1)c1ccccc12. The number of para-hydroxylation sites is 1. The summed E-state index contributed by atoms with van der Waals surface area (Å²) in [7, 11) is 1.63. The lowest BCUT2D eigenvalue weighted by atomic mass is 9.80. The van der Waals surface area contributed by atoms with Gasteiger partial charge < -0.3 is 19.7 Å². The Labute approximate surface area is 160 Å². The molecule has 2 atom stereocenters. The Balaban J connectivity index is 1.51. The topological polar surface area (TPSA) is 50.8 Å². The number of hydrogen-bond donors (Lipinski definition) is 1. The third kappa shape index (κ3) is 3.57. The molecule has 0 aromatic heterocycles. The van der Waals surface area contributed by atoms with Gasteiger partial charge in [0, 0.05) is 37.8 Å². The van der Waals surface area contributed by atoms with Gasteiger partial charge in [0.25, 0.3) is 0 Å². The first kappa shape index (κ1) is 18.0. The van der Waals surface area contributed by atoms with Gasteiger partial charge >= 0.3 is 0 Å². The number of methoxy groups -OCH3 is 1. The van der Waals surface area contributed by atoms with Crippen molar-refractivity contribution in [2.24, 2.45) is 0 Å². The van der Waals surface area contributed by atoms with Crippen LogP contribution < -0.4 is 10.2 Å². The van der Waals surface area contributed by atoms with Crippen LogP contribution in [0, 0.1) is 0 Å². The van der Waals surface area contributed by atoms with Gasteiger partial charge in [0.1, 0.15) is 6.10 Å². The molecule has 0 bridgehead atoms. The minimum Gasteiger partial charge on any atom is -0.383 e. The lowest BCUT2D eigenvalue weighted by molar-refractivity contribution is -0.130. The molecule has 2 heterocycles. The highest BCUT2D eigenvalue weighted by Crippen LogP contribution is 2.47. The van der Waals surface area contributed by atoms with E-state index in [1.165, 1.54) is 16.8 Å². The summed E-state index contributed by atoms with van der Waals surface area (Å²) in [6, 6.07) is 19.0. The van der Waals surface area contributed by atoms with Crippen LogP contribution in [0.4, 0.5) is 5.69 Å². The molecule has 1 fully saturated rings. The van der Waals surface area contributed by atoms with Crippen LogP contribution in [0.1, 0.15) is 17.5 Å². The van der Waals surface area contributed by atoms with Crippen molar-refractivity contribution in [1.29, 1.82) is 0 Å². The zero-order valence-electron chi connectivity index (χ0n) is 15.7. The van der Waals surface area contributed by atoms with Gasteiger partial charge in [0.15, 0.2) is 0 Å². The molecule has 5 heteroatoms. The van der Waals surface area contributed by atoms with Gasteiger partial charge in [-0.05, 0) is 23.6 Å². The van der Waals surface area contributed by atoms with Crippen molar-refractivity contribution < 1.29 is 14.3 Å². The van der Waals surface area contributed by atoms with Crippen LogP contribution in [0.2, 0.25) is 0 Å². The van der Waals surface area contributed by atoms with E-state index in [9.17, 15) is 4.79 Å². The smallest absolute Gasteiger partial charge is 0.249 e. The molecular formula is C22H26N2O3. The fraction of sp³-hybridized carbons (Fsp3) is 0.409. The van der Waals surface area contributed by atoms with Crippen molar-refractivity contribution in [3.8, 4) is 0 Å². The molecule has 1 N–H and O–H groups in total. The summed E-state index contributed by atoms with van der Waals surface area (Å²) in [5.74, 6) is -0.0390. The molecule has 0 unspecified atom stereocenters. The second-order valence-electron chi connectivity index (χ2n) is 7.43. The number of amides is 1. The van der Waals surface area contributed by atoms with E-state index < -0.39 is 6.10 Å². The monoisotopic (exact) mass is 366 g/mol. The van der Waals surface area contributed by atoms with Crippen LogP contribution in [-0.2, 0) is 26.2 Å². The first-order valence-corrected chi connectivity index (χ1v) is 9.48. The average molecular weight is 366 g/mol. The first-order valence-electron chi connectivity index (χ1n) is 9.48. The number of nitrogens with one attached hydrogen (secondary N) is 1. The highest BCUT2D eigenvalue weighted by atomic mass is 16.5. The molecule has 2 aromatic carbocycles. The average Bonchev–Trinajstić information content (AvgIpc) is 3.26. The lowest BCUT2D eigenvalue weighted by Gasteiger charge is -2.24. The van der Waals surface area contributed by atoms with Crippen LogP contribution in [0.3, 0.4) is 0 Å². The first-order chi connectivity index (χ1) is 13.2. The maximum Gasteiger partial charge on any atom is 0.249 e. The number of hydrogen-bond acceptors (Lipinski definition) is 4. The van der Waals surface area contributed by atoms with Crippen LogP contribution >= 0.6 is 0 Å². The molecule has 0 aliphatic carbocycles. The molecule has 1 saturated heterocycles. The Bertz CT molecular complexity index is 795. The maximum absolute atomic E-state index is 12.4. The number of fused-ring (bicyclic) bond motifs is 2. The zero-order valence-corrected chi connectivity index (χ0v) is 15.7. The normalized spacial score (nSPS) is 23.6. The molecule has 1 spiro atoms. The molecule has 2 aliphatic heterocycles. The number of benzene rings is 2. The minimum atomic E-state index is -0.397. The van der Waals surface area contributed by atoms with Gasteiger partial charge in [0.05, 0.1) is 13.2 Å². The molecule has 2 aliphatic rings. The predicted molar refractivity (Wildman–Crippen MR) is 105 cm³/mol. The molecular weight excluding hydrogens is 340 g/mol. The third-order valence-electron chi connectivity index (χ3n) is 5.56. The zero-order chi connectivity index (χ0) is 18.7. The maximum atomic E-state index is 12.4. The van der Waals surface area contributed by atoms with Crippen molar-refractivity contribution in [3.63, 3.8) is 0 Å². The van der Waals surface area contributed by atoms with E-state index in [2.05, 4.69) is 58.7 Å². The van der Waals surface area contributed by atoms with Crippen molar-refractivity contribution in [3.05, 3.63) is 65.7 Å². The Morgan fingerprint density at radius 1 is 1.22 bits per heavy atom. The predicted octanol–water partition coefficient (Wildman–Crippen LogP) is 2.50. The second kappa shape index (κ2) is 7.71. The van der Waals surface area contributed by atoms with Crippen LogP contribution in [0.25, 0.3) is 0 Å². The highest BCUT2D eigenvalue weighted by Gasteiger charge is 2.50. The van der Waals surface area contributed by atoms with Crippen molar-refractivity contribution in [1.82, 2.24) is 5.32 Å². The Kier molecular flexibility index (Phi) is 5.14. The lowest BCUT2D eigenvalue weighted by Crippen LogP contribution is -2.38. The Morgan fingerprint density at radius 2 is 2.00 bits per heavy atom. The quantitative estimate of drug-likeness (QED) is 0.798. The van der Waals surface area contributed by atoms with E-state index in [1.54, 1.807) is 7.11 Å². The number of rotatable bonds is 6. The summed E-state index contributed by atoms with van der Waals surface area (Å²) < 4.78 is 11.0. The molecule has 5 nitrogen and oxygen atoms in total. The minimum absolute atomic E-state index is 0.0390. The van der Waals surface area contributed by atoms with E-state index in [0.29, 0.717) is 26.2 Å². The summed E-state index contributed by atoms with van der Waals surface area (Å²) in [5.41, 5.74) is 3.73. The molecule has 27 heavy (non-hydrogen) atoms. The van der Waals surface area contributed by atoms with Gasteiger partial charge in [-0.1, -0.05) is 48.5 Å². The molecule has 0 radical (unpaired) electrons. The van der Waals surface area contributed by atoms with Crippen LogP contribution in [-0.4, -0.2) is 45.4 Å². The number of carbonyl (C=O) groups excluding carboxylic acids is 1. The van der Waals surface area contributed by atoms with E-state index in [-0.39, 0.29) is 11.3 Å². The summed E-state index contributed by atoms with van der Waals surface area (Å²) in [5, 5.41) is 2.90. The second-order valence-corrected chi connectivity index (χ2v) is 7.43. The van der Waals surface area contributed by atoms with Gasteiger partial charge in [-0.3, -0.25) is 4.79 Å². The molecule has 1 amide bonds. The standard InChI is InChI=1S/C22H26N2O3/c1-26-12-11-23-21(25)20-13-22(16-27-20)15-24(14-17-7-3-2-4-8-17)19-10-6-5-9-18(19)22/h2-10,20H,11-16H2,1H3,(H,23,25)/t20-,22-/m0/s1. The molecule has 142 valence electrons. The Morgan fingerprint density at radius 3 is 2.81 bits per heavy atom. The Hall–Kier alpha value is -2.37. The van der Waals surface area contributed by atoms with E-state index >= 15 is 0 Å². The molecule has 2 aromatic rings. The fourth-order valence-corrected chi connectivity index (χ4v) is 4.27.